The summed E-state index contributed by atoms with van der Waals surface area (Å²) in [6.07, 6.45) is 1.20. The first-order valence-corrected chi connectivity index (χ1v) is 11.4. The summed E-state index contributed by atoms with van der Waals surface area (Å²) < 4.78 is 1.32. The number of para-hydroxylation sites is 1. The average Bonchev–Trinajstić information content (AvgIpc) is 3.21. The zero-order valence-electron chi connectivity index (χ0n) is 17.6. The van der Waals surface area contributed by atoms with E-state index in [2.05, 4.69) is 31.4 Å². The molecule has 4 aromatic rings. The van der Waals surface area contributed by atoms with Crippen LogP contribution >= 0.6 is 27.3 Å². The molecule has 3 aromatic carbocycles. The van der Waals surface area contributed by atoms with Crippen LogP contribution in [0.5, 0.6) is 5.75 Å². The van der Waals surface area contributed by atoms with E-state index in [1.54, 1.807) is 0 Å². The van der Waals surface area contributed by atoms with E-state index in [4.69, 9.17) is 4.99 Å². The topological polar surface area (TPSA) is 113 Å². The van der Waals surface area contributed by atoms with Crippen molar-refractivity contribution in [2.75, 3.05) is 0 Å². The Balaban J connectivity index is 1.76. The lowest BCUT2D eigenvalue weighted by molar-refractivity contribution is -0.385. The molecular formula is C23H18BrN5O3S. The lowest BCUT2D eigenvalue weighted by Gasteiger charge is -2.06. The number of phenols is 1. The number of rotatable bonds is 5. The van der Waals surface area contributed by atoms with Gasteiger partial charge in [0, 0.05) is 6.07 Å². The van der Waals surface area contributed by atoms with Crippen molar-refractivity contribution in [2.24, 2.45) is 10.1 Å². The standard InChI is InChI=1S/C23H18BrN5O3S/c1-13-7-9-17(14(2)11-13)26-22(23-27-18-5-3-4-6-20(18)33-23)28-25-12-15-19(29(31)32)10-8-16(24)21(15)30/h3-12,30H,1-2H3,(H,26,28)/b25-12+. The average molecular weight is 524 g/mol. The van der Waals surface area contributed by atoms with Crippen LogP contribution in [0.3, 0.4) is 0 Å². The lowest BCUT2D eigenvalue weighted by atomic mass is 10.1. The highest BCUT2D eigenvalue weighted by molar-refractivity contribution is 9.10. The molecule has 2 N–H and O–H groups in total. The van der Waals surface area contributed by atoms with Gasteiger partial charge >= 0.3 is 0 Å². The van der Waals surface area contributed by atoms with Gasteiger partial charge in [-0.1, -0.05) is 29.8 Å². The number of hydrazone groups is 1. The molecule has 0 aliphatic carbocycles. The van der Waals surface area contributed by atoms with E-state index in [1.165, 1.54) is 29.7 Å². The number of aliphatic imine (C=N–C) groups is 1. The van der Waals surface area contributed by atoms with E-state index < -0.39 is 4.92 Å². The van der Waals surface area contributed by atoms with Crippen molar-refractivity contribution in [1.82, 2.24) is 10.4 Å². The monoisotopic (exact) mass is 523 g/mol. The summed E-state index contributed by atoms with van der Waals surface area (Å²) in [5, 5.41) is 26.4. The third-order valence-corrected chi connectivity index (χ3v) is 6.47. The number of hydrogen-bond donors (Lipinski definition) is 2. The molecule has 0 aliphatic heterocycles. The van der Waals surface area contributed by atoms with Gasteiger partial charge in [-0.2, -0.15) is 5.10 Å². The molecule has 10 heteroatoms. The van der Waals surface area contributed by atoms with Gasteiger partial charge in [-0.15, -0.1) is 11.3 Å². The Morgan fingerprint density at radius 1 is 1.21 bits per heavy atom. The summed E-state index contributed by atoms with van der Waals surface area (Å²) in [5.74, 6) is 0.110. The molecule has 0 saturated carbocycles. The Bertz CT molecular complexity index is 1400. The lowest BCUT2D eigenvalue weighted by Crippen LogP contribution is -2.19. The van der Waals surface area contributed by atoms with Gasteiger partial charge in [0.15, 0.2) is 10.8 Å². The van der Waals surface area contributed by atoms with Crippen molar-refractivity contribution >= 4 is 60.9 Å². The Labute approximate surface area is 201 Å². The Hall–Kier alpha value is -3.63. The highest BCUT2D eigenvalue weighted by atomic mass is 79.9. The highest BCUT2D eigenvalue weighted by Crippen LogP contribution is 2.33. The predicted molar refractivity (Wildman–Crippen MR) is 135 cm³/mol. The van der Waals surface area contributed by atoms with Gasteiger partial charge in [0.2, 0.25) is 0 Å². The molecule has 8 nitrogen and oxygen atoms in total. The minimum absolute atomic E-state index is 0.0305. The number of phenolic OH excluding ortho intramolecular Hbond substituents is 1. The molecule has 166 valence electrons. The fourth-order valence-electron chi connectivity index (χ4n) is 3.16. The molecule has 0 bridgehead atoms. The molecule has 0 amide bonds. The molecule has 0 aliphatic rings. The summed E-state index contributed by atoms with van der Waals surface area (Å²) in [6, 6.07) is 16.3. The molecule has 4 rings (SSSR count). The Kier molecular flexibility index (Phi) is 6.47. The SMILES string of the molecule is Cc1ccc(N=C(N/N=C/c2c([N+](=O)[O-])ccc(Br)c2O)c2nc3ccccc3s2)c(C)c1. The quantitative estimate of drug-likeness (QED) is 0.144. The zero-order chi connectivity index (χ0) is 23.5. The third-order valence-electron chi connectivity index (χ3n) is 4.79. The number of aryl methyl sites for hydroxylation is 2. The van der Waals surface area contributed by atoms with E-state index in [1.807, 2.05) is 56.3 Å². The van der Waals surface area contributed by atoms with Crippen LogP contribution in [0.25, 0.3) is 10.2 Å². The highest BCUT2D eigenvalue weighted by Gasteiger charge is 2.19. The summed E-state index contributed by atoms with van der Waals surface area (Å²) in [7, 11) is 0. The maximum Gasteiger partial charge on any atom is 0.282 e. The minimum Gasteiger partial charge on any atom is -0.506 e. The molecule has 1 aromatic heterocycles. The summed E-state index contributed by atoms with van der Waals surface area (Å²) in [6.45, 7) is 3.98. The molecule has 0 fully saturated rings. The molecule has 0 radical (unpaired) electrons. The molecule has 33 heavy (non-hydrogen) atoms. The second-order valence-electron chi connectivity index (χ2n) is 7.19. The van der Waals surface area contributed by atoms with Crippen LogP contribution in [0.4, 0.5) is 11.4 Å². The smallest absolute Gasteiger partial charge is 0.282 e. The molecular weight excluding hydrogens is 506 g/mol. The van der Waals surface area contributed by atoms with E-state index in [0.717, 1.165) is 27.0 Å². The van der Waals surface area contributed by atoms with E-state index in [0.29, 0.717) is 15.3 Å². The van der Waals surface area contributed by atoms with Crippen LogP contribution in [-0.2, 0) is 0 Å². The van der Waals surface area contributed by atoms with Crippen molar-refractivity contribution in [1.29, 1.82) is 0 Å². The minimum atomic E-state index is -0.578. The van der Waals surface area contributed by atoms with Gasteiger partial charge in [0.25, 0.3) is 5.69 Å². The number of halogens is 1. The zero-order valence-corrected chi connectivity index (χ0v) is 20.0. The summed E-state index contributed by atoms with van der Waals surface area (Å²) in [5.41, 5.74) is 6.25. The molecule has 0 atom stereocenters. The largest absolute Gasteiger partial charge is 0.506 e. The second kappa shape index (κ2) is 9.47. The van der Waals surface area contributed by atoms with Gasteiger partial charge in [0.05, 0.1) is 31.5 Å². The Morgan fingerprint density at radius 2 is 2.00 bits per heavy atom. The number of nitro benzene ring substituents is 1. The van der Waals surface area contributed by atoms with Gasteiger partial charge in [0.1, 0.15) is 11.3 Å². The van der Waals surface area contributed by atoms with Gasteiger partial charge in [-0.25, -0.2) is 9.98 Å². The van der Waals surface area contributed by atoms with Crippen molar-refractivity contribution < 1.29 is 10.0 Å². The normalized spacial score (nSPS) is 11.9. The van der Waals surface area contributed by atoms with Crippen LogP contribution in [0.2, 0.25) is 0 Å². The first kappa shape index (κ1) is 22.6. The van der Waals surface area contributed by atoms with Crippen LogP contribution in [0, 0.1) is 24.0 Å². The van der Waals surface area contributed by atoms with Crippen LogP contribution < -0.4 is 5.43 Å². The van der Waals surface area contributed by atoms with Crippen molar-refractivity contribution in [3.63, 3.8) is 0 Å². The number of nitrogens with zero attached hydrogens (tertiary/aromatic N) is 4. The maximum atomic E-state index is 11.4. The fraction of sp³-hybridized carbons (Fsp3) is 0.0870. The van der Waals surface area contributed by atoms with E-state index >= 15 is 0 Å². The Morgan fingerprint density at radius 3 is 2.73 bits per heavy atom. The maximum absolute atomic E-state index is 11.4. The fourth-order valence-corrected chi connectivity index (χ4v) is 4.41. The molecule has 0 saturated heterocycles. The van der Waals surface area contributed by atoms with Gasteiger partial charge < -0.3 is 5.11 Å². The van der Waals surface area contributed by atoms with Crippen molar-refractivity contribution in [3.8, 4) is 5.75 Å². The summed E-state index contributed by atoms with van der Waals surface area (Å²) in [4.78, 5) is 20.2. The number of thiazole rings is 1. The number of nitrogens with one attached hydrogen (secondary N) is 1. The van der Waals surface area contributed by atoms with Gasteiger partial charge in [-0.3, -0.25) is 15.5 Å². The number of benzene rings is 3. The summed E-state index contributed by atoms with van der Waals surface area (Å²) >= 11 is 4.63. The number of amidine groups is 1. The van der Waals surface area contributed by atoms with E-state index in [-0.39, 0.29) is 17.0 Å². The van der Waals surface area contributed by atoms with E-state index in [9.17, 15) is 15.2 Å². The van der Waals surface area contributed by atoms with Crippen LogP contribution in [0.1, 0.15) is 21.7 Å². The number of aromatic nitrogens is 1. The van der Waals surface area contributed by atoms with Crippen LogP contribution in [-0.4, -0.2) is 27.1 Å². The number of hydrogen-bond acceptors (Lipinski definition) is 7. The van der Waals surface area contributed by atoms with Crippen molar-refractivity contribution in [3.05, 3.63) is 90.9 Å². The number of nitro groups is 1. The van der Waals surface area contributed by atoms with Gasteiger partial charge in [-0.05, 0) is 59.6 Å². The van der Waals surface area contributed by atoms with Crippen molar-refractivity contribution in [2.45, 2.75) is 13.8 Å². The predicted octanol–water partition coefficient (Wildman–Crippen LogP) is 5.99. The molecule has 0 unspecified atom stereocenters. The molecule has 1 heterocycles. The first-order chi connectivity index (χ1) is 15.8. The number of fused-ring (bicyclic) bond motifs is 1. The second-order valence-corrected chi connectivity index (χ2v) is 9.08. The number of aromatic hydroxyl groups is 1. The first-order valence-electron chi connectivity index (χ1n) is 9.80. The third kappa shape index (κ3) is 4.91. The van der Waals surface area contributed by atoms with Crippen LogP contribution in [0.15, 0.2) is 69.2 Å². The molecule has 0 spiro atoms.